The van der Waals surface area contributed by atoms with Crippen molar-refractivity contribution >= 4 is 0 Å². The normalized spacial score (nSPS) is 12.6. The third-order valence-electron chi connectivity index (χ3n) is 3.37. The van der Waals surface area contributed by atoms with Gasteiger partial charge < -0.3 is 5.11 Å². The van der Waals surface area contributed by atoms with Crippen molar-refractivity contribution in [2.75, 3.05) is 0 Å². The lowest BCUT2D eigenvalue weighted by Crippen LogP contribution is -2.01. The van der Waals surface area contributed by atoms with Crippen LogP contribution in [0.2, 0.25) is 0 Å². The second-order valence-electron chi connectivity index (χ2n) is 4.86. The molecule has 1 atom stereocenters. The second kappa shape index (κ2) is 11.0. The molecule has 0 aromatic heterocycles. The first-order valence-corrected chi connectivity index (χ1v) is 7.10. The van der Waals surface area contributed by atoms with Crippen LogP contribution < -0.4 is 0 Å². The fourth-order valence-electron chi connectivity index (χ4n) is 2.13. The minimum Gasteiger partial charge on any atom is -0.513 e. The first kappa shape index (κ1) is 15.5. The molecule has 0 fully saturated rings. The highest BCUT2D eigenvalue weighted by Gasteiger charge is 2.08. The Morgan fingerprint density at radius 2 is 1.44 bits per heavy atom. The second-order valence-corrected chi connectivity index (χ2v) is 4.86. The summed E-state index contributed by atoms with van der Waals surface area (Å²) in [6, 6.07) is 0. The van der Waals surface area contributed by atoms with E-state index in [0.717, 1.165) is 12.8 Å². The minimum absolute atomic E-state index is 0.333. The first-order valence-electron chi connectivity index (χ1n) is 7.10. The van der Waals surface area contributed by atoms with Crippen molar-refractivity contribution < 1.29 is 5.11 Å². The molecule has 0 saturated heterocycles. The first-order chi connectivity index (χ1) is 7.72. The summed E-state index contributed by atoms with van der Waals surface area (Å²) in [7, 11) is 0. The van der Waals surface area contributed by atoms with Gasteiger partial charge in [-0.05, 0) is 12.8 Å². The number of rotatable bonds is 11. The molecule has 0 radical (unpaired) electrons. The molecule has 0 heterocycles. The van der Waals surface area contributed by atoms with Crippen molar-refractivity contribution in [3.8, 4) is 0 Å². The average molecular weight is 226 g/mol. The lowest BCUT2D eigenvalue weighted by atomic mass is 9.96. The maximum Gasteiger partial charge on any atom is 0.0881 e. The van der Waals surface area contributed by atoms with Gasteiger partial charge in [0.25, 0.3) is 0 Å². The van der Waals surface area contributed by atoms with Crippen molar-refractivity contribution in [2.24, 2.45) is 5.92 Å². The molecule has 0 spiro atoms. The highest BCUT2D eigenvalue weighted by Crippen LogP contribution is 2.19. The number of hydrogen-bond acceptors (Lipinski definition) is 1. The number of allylic oxidation sites excluding steroid dienone is 1. The summed E-state index contributed by atoms with van der Waals surface area (Å²) in [6.07, 6.45) is 13.0. The Kier molecular flexibility index (Phi) is 10.7. The Bertz CT molecular complexity index is 163. The summed E-state index contributed by atoms with van der Waals surface area (Å²) in [5.74, 6) is 0.713. The molecule has 0 bridgehead atoms. The van der Waals surface area contributed by atoms with Crippen molar-refractivity contribution in [1.29, 1.82) is 0 Å². The van der Waals surface area contributed by atoms with Crippen LogP contribution in [-0.4, -0.2) is 5.11 Å². The van der Waals surface area contributed by atoms with Gasteiger partial charge in [-0.1, -0.05) is 71.8 Å². The van der Waals surface area contributed by atoms with Crippen LogP contribution in [0.4, 0.5) is 0 Å². The zero-order chi connectivity index (χ0) is 12.2. The molecule has 0 rings (SSSR count). The largest absolute Gasteiger partial charge is 0.513 e. The van der Waals surface area contributed by atoms with Gasteiger partial charge in [0.05, 0.1) is 5.76 Å². The lowest BCUT2D eigenvalue weighted by molar-refractivity contribution is 0.309. The molecule has 0 aliphatic rings. The Morgan fingerprint density at radius 1 is 0.938 bits per heavy atom. The van der Waals surface area contributed by atoms with E-state index in [4.69, 9.17) is 0 Å². The predicted molar refractivity (Wildman–Crippen MR) is 72.8 cm³/mol. The van der Waals surface area contributed by atoms with Crippen LogP contribution in [0.15, 0.2) is 12.3 Å². The molecule has 1 heteroatoms. The number of aliphatic hydroxyl groups is 1. The Balaban J connectivity index is 3.22. The van der Waals surface area contributed by atoms with E-state index in [2.05, 4.69) is 20.4 Å². The summed E-state index contributed by atoms with van der Waals surface area (Å²) in [4.78, 5) is 0. The van der Waals surface area contributed by atoms with E-state index in [1.54, 1.807) is 0 Å². The van der Waals surface area contributed by atoms with Gasteiger partial charge in [0, 0.05) is 5.92 Å². The Morgan fingerprint density at radius 3 is 1.88 bits per heavy atom. The third kappa shape index (κ3) is 8.82. The van der Waals surface area contributed by atoms with E-state index < -0.39 is 0 Å². The molecule has 16 heavy (non-hydrogen) atoms. The summed E-state index contributed by atoms with van der Waals surface area (Å²) in [6.45, 7) is 8.01. The third-order valence-corrected chi connectivity index (χ3v) is 3.37. The van der Waals surface area contributed by atoms with E-state index in [0.29, 0.717) is 11.7 Å². The highest BCUT2D eigenvalue weighted by atomic mass is 16.3. The summed E-state index contributed by atoms with van der Waals surface area (Å²) in [5.41, 5.74) is 0. The maximum atomic E-state index is 9.32. The molecule has 96 valence electrons. The van der Waals surface area contributed by atoms with Gasteiger partial charge in [-0.25, -0.2) is 0 Å². The van der Waals surface area contributed by atoms with Gasteiger partial charge in [-0.2, -0.15) is 0 Å². The van der Waals surface area contributed by atoms with Crippen LogP contribution in [0.3, 0.4) is 0 Å². The minimum atomic E-state index is 0.333. The van der Waals surface area contributed by atoms with Gasteiger partial charge in [-0.15, -0.1) is 0 Å². The van der Waals surface area contributed by atoms with Crippen molar-refractivity contribution in [3.05, 3.63) is 12.3 Å². The molecule has 0 amide bonds. The van der Waals surface area contributed by atoms with E-state index in [1.807, 2.05) is 0 Å². The maximum absolute atomic E-state index is 9.32. The van der Waals surface area contributed by atoms with Crippen LogP contribution in [-0.2, 0) is 0 Å². The van der Waals surface area contributed by atoms with Gasteiger partial charge in [-0.3, -0.25) is 0 Å². The van der Waals surface area contributed by atoms with Crippen molar-refractivity contribution in [2.45, 2.75) is 78.1 Å². The summed E-state index contributed by atoms with van der Waals surface area (Å²) in [5, 5.41) is 9.32. The average Bonchev–Trinajstić information content (AvgIpc) is 2.26. The lowest BCUT2D eigenvalue weighted by Gasteiger charge is -2.12. The highest BCUT2D eigenvalue weighted by molar-refractivity contribution is 4.87. The van der Waals surface area contributed by atoms with E-state index in [9.17, 15) is 5.11 Å². The standard InChI is InChI=1S/C15H30O/c1-4-6-7-8-9-10-11-12-13-15(5-2)14(3)16/h15-16H,3-13H2,1-2H3. The molecule has 0 saturated carbocycles. The predicted octanol–water partition coefficient (Wildman–Crippen LogP) is 5.62. The van der Waals surface area contributed by atoms with Crippen LogP contribution in [0, 0.1) is 5.92 Å². The SMILES string of the molecule is C=C(O)C(CC)CCCCCCCCCC. The fourth-order valence-corrected chi connectivity index (χ4v) is 2.13. The zero-order valence-corrected chi connectivity index (χ0v) is 11.3. The van der Waals surface area contributed by atoms with Crippen LogP contribution in [0.25, 0.3) is 0 Å². The quantitative estimate of drug-likeness (QED) is 0.358. The summed E-state index contributed by atoms with van der Waals surface area (Å²) >= 11 is 0. The molecule has 0 aliphatic heterocycles. The van der Waals surface area contributed by atoms with Gasteiger partial charge in [0.1, 0.15) is 0 Å². The zero-order valence-electron chi connectivity index (χ0n) is 11.3. The molecule has 0 aromatic carbocycles. The molecule has 0 aliphatic carbocycles. The number of hydrogen-bond donors (Lipinski definition) is 1. The van der Waals surface area contributed by atoms with E-state index >= 15 is 0 Å². The molecule has 1 N–H and O–H groups in total. The molecule has 1 nitrogen and oxygen atoms in total. The van der Waals surface area contributed by atoms with Gasteiger partial charge in [0.2, 0.25) is 0 Å². The topological polar surface area (TPSA) is 20.2 Å². The monoisotopic (exact) mass is 226 g/mol. The van der Waals surface area contributed by atoms with E-state index in [-0.39, 0.29) is 0 Å². The molecule has 1 unspecified atom stereocenters. The molecular weight excluding hydrogens is 196 g/mol. The van der Waals surface area contributed by atoms with Gasteiger partial charge >= 0.3 is 0 Å². The van der Waals surface area contributed by atoms with Crippen LogP contribution >= 0.6 is 0 Å². The molecular formula is C15H30O. The van der Waals surface area contributed by atoms with Gasteiger partial charge in [0.15, 0.2) is 0 Å². The van der Waals surface area contributed by atoms with Crippen LogP contribution in [0.1, 0.15) is 78.1 Å². The number of unbranched alkanes of at least 4 members (excludes halogenated alkanes) is 7. The smallest absolute Gasteiger partial charge is 0.0881 e. The number of aliphatic hydroxyl groups excluding tert-OH is 1. The summed E-state index contributed by atoms with van der Waals surface area (Å²) < 4.78 is 0. The Labute approximate surface area is 102 Å². The van der Waals surface area contributed by atoms with E-state index in [1.165, 1.54) is 51.4 Å². The van der Waals surface area contributed by atoms with Crippen LogP contribution in [0.5, 0.6) is 0 Å². The Hall–Kier alpha value is -0.460. The van der Waals surface area contributed by atoms with Crippen molar-refractivity contribution in [3.63, 3.8) is 0 Å². The fraction of sp³-hybridized carbons (Fsp3) is 0.867. The molecule has 0 aromatic rings. The van der Waals surface area contributed by atoms with Crippen molar-refractivity contribution in [1.82, 2.24) is 0 Å².